The van der Waals surface area contributed by atoms with Crippen LogP contribution in [0, 0.1) is 16.7 Å². The van der Waals surface area contributed by atoms with Crippen LogP contribution in [0.15, 0.2) is 36.5 Å². The van der Waals surface area contributed by atoms with Gasteiger partial charge in [-0.15, -0.1) is 0 Å². The molecule has 1 aromatic carbocycles. The van der Waals surface area contributed by atoms with Crippen LogP contribution < -0.4 is 10.2 Å². The van der Waals surface area contributed by atoms with Crippen molar-refractivity contribution >= 4 is 36.4 Å². The number of imidazole rings is 1. The summed E-state index contributed by atoms with van der Waals surface area (Å²) >= 11 is 0. The topological polar surface area (TPSA) is 71.8 Å². The molecule has 0 atom stereocenters. The Balaban J connectivity index is 1.22. The summed E-state index contributed by atoms with van der Waals surface area (Å²) in [6.07, 6.45) is 5.18. The highest BCUT2D eigenvalue weighted by Crippen LogP contribution is 2.26. The predicted octanol–water partition coefficient (Wildman–Crippen LogP) is 4.26. The minimum atomic E-state index is -0.119. The smallest absolute Gasteiger partial charge is 0.236 e. The molecule has 4 rings (SSSR count). The van der Waals surface area contributed by atoms with Crippen LogP contribution in [0.1, 0.15) is 47.0 Å². The third-order valence-electron chi connectivity index (χ3n) is 6.88. The molecule has 1 amide bonds. The number of nitrogens with one attached hydrogen (secondary N) is 1. The quantitative estimate of drug-likeness (QED) is 0.444. The summed E-state index contributed by atoms with van der Waals surface area (Å²) in [6, 6.07) is 10.1. The molecule has 1 fully saturated rings. The van der Waals surface area contributed by atoms with Crippen molar-refractivity contribution in [3.63, 3.8) is 0 Å². The summed E-state index contributed by atoms with van der Waals surface area (Å²) in [7, 11) is 5.77. The van der Waals surface area contributed by atoms with E-state index in [4.69, 9.17) is 17.6 Å². The second kappa shape index (κ2) is 10.6. The van der Waals surface area contributed by atoms with Crippen molar-refractivity contribution in [1.29, 1.82) is 0 Å². The maximum Gasteiger partial charge on any atom is 0.236 e. The minimum absolute atomic E-state index is 0.0257. The first kappa shape index (κ1) is 25.5. The van der Waals surface area contributed by atoms with Crippen molar-refractivity contribution in [2.75, 3.05) is 37.7 Å². The van der Waals surface area contributed by atoms with Crippen LogP contribution in [0.3, 0.4) is 0 Å². The van der Waals surface area contributed by atoms with Crippen molar-refractivity contribution in [2.45, 2.75) is 53.3 Å². The number of rotatable bonds is 10. The van der Waals surface area contributed by atoms with Crippen LogP contribution >= 0.6 is 0 Å². The second-order valence-corrected chi connectivity index (χ2v) is 11.5. The van der Waals surface area contributed by atoms with Gasteiger partial charge in [0.25, 0.3) is 0 Å². The monoisotopic (exact) mass is 475 g/mol. The van der Waals surface area contributed by atoms with Crippen molar-refractivity contribution in [2.24, 2.45) is 16.7 Å². The molecular weight excluding hydrogens is 437 g/mol. The Hall–Kier alpha value is -2.61. The molecule has 2 radical (unpaired) electrons. The molecule has 1 aliphatic rings. The standard InChI is InChI=1S/C27H38BN5O2/c1-26(2,16-28)18-35-19-27(3,4)17-29-24(34)15-20-9-12-32(13-10-20)23-11-14-33-22-8-6-5-7-21(22)30-25(33)31-23/h5-8,11,14,20H,9-10,12-13,15-19H2,1-4H3,(H,29,34). The Labute approximate surface area is 210 Å². The Kier molecular flexibility index (Phi) is 7.69. The van der Waals surface area contributed by atoms with E-state index in [-0.39, 0.29) is 16.7 Å². The fourth-order valence-corrected chi connectivity index (χ4v) is 4.47. The summed E-state index contributed by atoms with van der Waals surface area (Å²) in [5, 5.41) is 3.13. The lowest BCUT2D eigenvalue weighted by atomic mass is 9.80. The molecular formula is C27H38BN5O2. The molecule has 35 heavy (non-hydrogen) atoms. The molecule has 0 spiro atoms. The first-order valence-electron chi connectivity index (χ1n) is 12.7. The largest absolute Gasteiger partial charge is 0.380 e. The van der Waals surface area contributed by atoms with E-state index in [1.54, 1.807) is 0 Å². The number of hydrogen-bond donors (Lipinski definition) is 1. The first-order valence-corrected chi connectivity index (χ1v) is 12.7. The highest BCUT2D eigenvalue weighted by molar-refractivity contribution is 6.08. The van der Waals surface area contributed by atoms with E-state index in [0.717, 1.165) is 48.6 Å². The van der Waals surface area contributed by atoms with Gasteiger partial charge in [-0.2, -0.15) is 4.98 Å². The molecule has 1 N–H and O–H groups in total. The van der Waals surface area contributed by atoms with Gasteiger partial charge in [0, 0.05) is 37.7 Å². The highest BCUT2D eigenvalue weighted by Gasteiger charge is 2.25. The fraction of sp³-hybridized carbons (Fsp3) is 0.593. The van der Waals surface area contributed by atoms with Gasteiger partial charge >= 0.3 is 0 Å². The molecule has 3 aromatic rings. The van der Waals surface area contributed by atoms with Crippen LogP contribution in [-0.4, -0.2) is 61.0 Å². The number of aromatic nitrogens is 3. The van der Waals surface area contributed by atoms with E-state index < -0.39 is 0 Å². The lowest BCUT2D eigenvalue weighted by Gasteiger charge is -2.33. The summed E-state index contributed by atoms with van der Waals surface area (Å²) in [5.74, 6) is 2.20. The molecule has 186 valence electrons. The molecule has 2 aromatic heterocycles. The van der Waals surface area contributed by atoms with Crippen LogP contribution in [0.2, 0.25) is 6.32 Å². The van der Waals surface area contributed by atoms with E-state index in [1.807, 2.05) is 22.6 Å². The van der Waals surface area contributed by atoms with Crippen LogP contribution in [0.5, 0.6) is 0 Å². The van der Waals surface area contributed by atoms with Crippen LogP contribution in [-0.2, 0) is 9.53 Å². The first-order chi connectivity index (χ1) is 16.7. The van der Waals surface area contributed by atoms with Gasteiger partial charge in [-0.1, -0.05) is 46.1 Å². The third kappa shape index (κ3) is 6.54. The van der Waals surface area contributed by atoms with E-state index in [9.17, 15) is 4.79 Å². The van der Waals surface area contributed by atoms with E-state index in [2.05, 4.69) is 61.2 Å². The van der Waals surface area contributed by atoms with Gasteiger partial charge in [0.2, 0.25) is 11.7 Å². The summed E-state index contributed by atoms with van der Waals surface area (Å²) in [6.45, 7) is 12.1. The number of fused-ring (bicyclic) bond motifs is 3. The number of para-hydroxylation sites is 2. The summed E-state index contributed by atoms with van der Waals surface area (Å²) in [5.41, 5.74) is 1.88. The number of nitrogens with zero attached hydrogens (tertiary/aromatic N) is 4. The number of anilines is 1. The van der Waals surface area contributed by atoms with Gasteiger partial charge in [-0.3, -0.25) is 9.20 Å². The predicted molar refractivity (Wildman–Crippen MR) is 142 cm³/mol. The van der Waals surface area contributed by atoms with Crippen LogP contribution in [0.25, 0.3) is 16.8 Å². The number of carbonyl (C=O) groups excluding carboxylic acids is 1. The maximum absolute atomic E-state index is 12.6. The molecule has 0 aliphatic carbocycles. The number of benzene rings is 1. The van der Waals surface area contributed by atoms with Crippen molar-refractivity contribution in [3.8, 4) is 0 Å². The molecule has 1 saturated heterocycles. The second-order valence-electron chi connectivity index (χ2n) is 11.5. The molecule has 8 heteroatoms. The zero-order valence-electron chi connectivity index (χ0n) is 21.6. The number of ether oxygens (including phenoxy) is 1. The number of piperidine rings is 1. The Morgan fingerprint density at radius 1 is 1.09 bits per heavy atom. The van der Waals surface area contributed by atoms with Gasteiger partial charge in [0.05, 0.1) is 32.1 Å². The number of amides is 1. The van der Waals surface area contributed by atoms with Gasteiger partial charge in [0.15, 0.2) is 0 Å². The minimum Gasteiger partial charge on any atom is -0.380 e. The Morgan fingerprint density at radius 2 is 1.80 bits per heavy atom. The summed E-state index contributed by atoms with van der Waals surface area (Å²) < 4.78 is 7.91. The summed E-state index contributed by atoms with van der Waals surface area (Å²) in [4.78, 5) is 24.4. The number of carbonyl (C=O) groups is 1. The normalized spacial score (nSPS) is 15.7. The molecule has 0 bridgehead atoms. The zero-order chi connectivity index (χ0) is 25.1. The average molecular weight is 475 g/mol. The van der Waals surface area contributed by atoms with Gasteiger partial charge < -0.3 is 15.0 Å². The van der Waals surface area contributed by atoms with Gasteiger partial charge in [-0.05, 0) is 42.4 Å². The van der Waals surface area contributed by atoms with E-state index in [1.165, 1.54) is 0 Å². The number of hydrogen-bond acceptors (Lipinski definition) is 5. The molecule has 0 saturated carbocycles. The Morgan fingerprint density at radius 3 is 2.54 bits per heavy atom. The van der Waals surface area contributed by atoms with E-state index in [0.29, 0.717) is 38.4 Å². The van der Waals surface area contributed by atoms with E-state index >= 15 is 0 Å². The highest BCUT2D eigenvalue weighted by atomic mass is 16.5. The SMILES string of the molecule is [B]CC(C)(C)COCC(C)(C)CNC(=O)CC1CCN(c2ccn3c(n2)nc2ccccc23)CC1. The molecule has 0 unspecified atom stereocenters. The molecule has 1 aliphatic heterocycles. The van der Waals surface area contributed by atoms with Crippen molar-refractivity contribution in [1.82, 2.24) is 19.7 Å². The third-order valence-corrected chi connectivity index (χ3v) is 6.88. The fourth-order valence-electron chi connectivity index (χ4n) is 4.47. The van der Waals surface area contributed by atoms with Gasteiger partial charge in [-0.25, -0.2) is 4.98 Å². The Bertz CT molecular complexity index is 1150. The zero-order valence-corrected chi connectivity index (χ0v) is 21.6. The van der Waals surface area contributed by atoms with Crippen LogP contribution in [0.4, 0.5) is 5.82 Å². The average Bonchev–Trinajstić information content (AvgIpc) is 3.21. The van der Waals surface area contributed by atoms with Crippen molar-refractivity contribution in [3.05, 3.63) is 36.5 Å². The molecule has 3 heterocycles. The maximum atomic E-state index is 12.6. The molecule has 7 nitrogen and oxygen atoms in total. The van der Waals surface area contributed by atoms with Crippen molar-refractivity contribution < 1.29 is 9.53 Å². The van der Waals surface area contributed by atoms with Gasteiger partial charge in [0.1, 0.15) is 5.82 Å². The lowest BCUT2D eigenvalue weighted by Crippen LogP contribution is -2.40. The lowest BCUT2D eigenvalue weighted by molar-refractivity contribution is -0.122.